The second-order valence-electron chi connectivity index (χ2n) is 10.7. The van der Waals surface area contributed by atoms with E-state index in [4.69, 9.17) is 16.3 Å². The fraction of sp³-hybridized carbons (Fsp3) is 0.290. The van der Waals surface area contributed by atoms with Crippen molar-refractivity contribution in [3.8, 4) is 11.3 Å². The number of imidazole rings is 1. The first-order valence-corrected chi connectivity index (χ1v) is 14.5. The zero-order valence-electron chi connectivity index (χ0n) is 23.0. The molecule has 2 fully saturated rings. The number of nitrogens with one attached hydrogen (secondary N) is 2. The largest absolute Gasteiger partial charge is 0.358 e. The molecular formula is C31H29ClN8O2. The number of hydrogen-bond acceptors (Lipinski definition) is 8. The third-order valence-electron chi connectivity index (χ3n) is 7.77. The van der Waals surface area contributed by atoms with Crippen molar-refractivity contribution in [1.29, 1.82) is 0 Å². The molecule has 1 saturated heterocycles. The molecule has 1 unspecified atom stereocenters. The minimum Gasteiger partial charge on any atom is -0.358 e. The van der Waals surface area contributed by atoms with Crippen LogP contribution >= 0.6 is 11.6 Å². The van der Waals surface area contributed by atoms with E-state index in [1.165, 1.54) is 0 Å². The zero-order chi connectivity index (χ0) is 28.6. The predicted molar refractivity (Wildman–Crippen MR) is 161 cm³/mol. The molecule has 1 atom stereocenters. The Morgan fingerprint density at radius 1 is 1.05 bits per heavy atom. The molecule has 42 heavy (non-hydrogen) atoms. The summed E-state index contributed by atoms with van der Waals surface area (Å²) in [5.74, 6) is 0.740. The zero-order valence-corrected chi connectivity index (χ0v) is 23.8. The highest BCUT2D eigenvalue weighted by Crippen LogP contribution is 2.43. The summed E-state index contributed by atoms with van der Waals surface area (Å²) in [4.78, 5) is 35.8. The first-order valence-electron chi connectivity index (χ1n) is 14.1. The molecule has 0 spiro atoms. The highest BCUT2D eigenvalue weighted by molar-refractivity contribution is 6.31. The Kier molecular flexibility index (Phi) is 7.01. The number of anilines is 3. The molecule has 7 rings (SSSR count). The van der Waals surface area contributed by atoms with E-state index in [0.29, 0.717) is 39.4 Å². The van der Waals surface area contributed by atoms with E-state index in [1.807, 2.05) is 41.8 Å². The number of aryl methyl sites for hydroxylation is 1. The van der Waals surface area contributed by atoms with Gasteiger partial charge in [-0.2, -0.15) is 0 Å². The van der Waals surface area contributed by atoms with Crippen molar-refractivity contribution in [1.82, 2.24) is 29.5 Å². The molecule has 1 aromatic carbocycles. The highest BCUT2D eigenvalue weighted by Gasteiger charge is 2.27. The highest BCUT2D eigenvalue weighted by atomic mass is 35.5. The van der Waals surface area contributed by atoms with Gasteiger partial charge < -0.3 is 15.4 Å². The lowest BCUT2D eigenvalue weighted by molar-refractivity contribution is -0.0298. The van der Waals surface area contributed by atoms with Crippen LogP contribution in [0.1, 0.15) is 65.9 Å². The van der Waals surface area contributed by atoms with Crippen molar-refractivity contribution in [3.63, 3.8) is 0 Å². The number of amides is 1. The van der Waals surface area contributed by atoms with E-state index >= 15 is 0 Å². The summed E-state index contributed by atoms with van der Waals surface area (Å²) in [6.45, 7) is 2.73. The molecule has 4 aromatic heterocycles. The van der Waals surface area contributed by atoms with E-state index in [-0.39, 0.29) is 12.1 Å². The van der Waals surface area contributed by atoms with Crippen molar-refractivity contribution in [2.75, 3.05) is 17.2 Å². The fourth-order valence-corrected chi connectivity index (χ4v) is 5.60. The van der Waals surface area contributed by atoms with Crippen LogP contribution in [0.5, 0.6) is 0 Å². The van der Waals surface area contributed by atoms with Crippen LogP contribution in [0.15, 0.2) is 61.4 Å². The summed E-state index contributed by atoms with van der Waals surface area (Å²) < 4.78 is 7.97. The van der Waals surface area contributed by atoms with Gasteiger partial charge in [0.25, 0.3) is 5.91 Å². The first kappa shape index (κ1) is 26.5. The van der Waals surface area contributed by atoms with Crippen molar-refractivity contribution in [2.24, 2.45) is 0 Å². The smallest absolute Gasteiger partial charge is 0.274 e. The number of carbonyl (C=O) groups is 1. The molecule has 212 valence electrons. The van der Waals surface area contributed by atoms with Crippen LogP contribution < -0.4 is 10.6 Å². The molecule has 0 bridgehead atoms. The average molecular weight is 581 g/mol. The van der Waals surface area contributed by atoms with Crippen LogP contribution in [-0.4, -0.2) is 42.0 Å². The number of carbonyl (C=O) groups excluding carboxylic acids is 1. The number of aromatic nitrogens is 6. The molecule has 5 heterocycles. The Morgan fingerprint density at radius 2 is 1.95 bits per heavy atom. The van der Waals surface area contributed by atoms with Crippen LogP contribution in [0.4, 0.5) is 17.2 Å². The standard InChI is InChI=1S/C31H29ClN8O2/c1-18-7-10-20(38-31(41)25-14-22(19-8-9-19)23(32)15-34-25)13-24(18)39-29-21(5-4-11-33-29)27-28-30(36-16-35-27)40(17-37-28)26-6-2-3-12-42-26/h4-5,7,10-11,13-17,19,26H,2-3,6,8-9,12H2,1H3,(H,33,39)(H,38,41). The second kappa shape index (κ2) is 11.1. The van der Waals surface area contributed by atoms with E-state index in [1.54, 1.807) is 31.1 Å². The fourth-order valence-electron chi connectivity index (χ4n) is 5.34. The molecule has 1 aliphatic carbocycles. The summed E-state index contributed by atoms with van der Waals surface area (Å²) in [6.07, 6.45) is 11.8. The van der Waals surface area contributed by atoms with Gasteiger partial charge in [-0.15, -0.1) is 0 Å². The van der Waals surface area contributed by atoms with Gasteiger partial charge in [0.1, 0.15) is 35.3 Å². The number of halogens is 1. The molecule has 1 amide bonds. The lowest BCUT2D eigenvalue weighted by atomic mass is 10.1. The van der Waals surface area contributed by atoms with Gasteiger partial charge in [0.2, 0.25) is 0 Å². The van der Waals surface area contributed by atoms with Gasteiger partial charge in [0.15, 0.2) is 5.65 Å². The summed E-state index contributed by atoms with van der Waals surface area (Å²) in [6, 6.07) is 11.3. The topological polar surface area (TPSA) is 120 Å². The lowest BCUT2D eigenvalue weighted by Gasteiger charge is -2.23. The monoisotopic (exact) mass is 580 g/mol. The Morgan fingerprint density at radius 3 is 2.79 bits per heavy atom. The molecule has 5 aromatic rings. The second-order valence-corrected chi connectivity index (χ2v) is 11.1. The van der Waals surface area contributed by atoms with Crippen molar-refractivity contribution < 1.29 is 9.53 Å². The number of nitrogens with zero attached hydrogens (tertiary/aromatic N) is 6. The summed E-state index contributed by atoms with van der Waals surface area (Å²) >= 11 is 6.31. The number of rotatable bonds is 7. The van der Waals surface area contributed by atoms with Gasteiger partial charge in [0, 0.05) is 35.9 Å². The van der Waals surface area contributed by atoms with Crippen LogP contribution in [0.25, 0.3) is 22.4 Å². The Balaban J connectivity index is 1.17. The summed E-state index contributed by atoms with van der Waals surface area (Å²) in [7, 11) is 0. The van der Waals surface area contributed by atoms with Gasteiger partial charge in [0.05, 0.1) is 11.3 Å². The number of fused-ring (bicyclic) bond motifs is 1. The molecule has 0 radical (unpaired) electrons. The molecule has 1 saturated carbocycles. The molecule has 11 heteroatoms. The molecule has 2 aliphatic rings. The normalized spacial score (nSPS) is 16.9. The van der Waals surface area contributed by atoms with Gasteiger partial charge in [-0.1, -0.05) is 17.7 Å². The summed E-state index contributed by atoms with van der Waals surface area (Å²) in [5.41, 5.74) is 6.60. The number of benzene rings is 1. The van der Waals surface area contributed by atoms with Crippen LogP contribution in [0, 0.1) is 6.92 Å². The Labute approximate surface area is 247 Å². The van der Waals surface area contributed by atoms with Crippen LogP contribution in [0.3, 0.4) is 0 Å². The number of hydrogen-bond donors (Lipinski definition) is 2. The van der Waals surface area contributed by atoms with E-state index in [9.17, 15) is 4.79 Å². The predicted octanol–water partition coefficient (Wildman–Crippen LogP) is 6.82. The average Bonchev–Trinajstić information content (AvgIpc) is 3.77. The maximum atomic E-state index is 13.1. The van der Waals surface area contributed by atoms with Gasteiger partial charge in [-0.05, 0) is 86.4 Å². The third kappa shape index (κ3) is 5.19. The molecule has 2 N–H and O–H groups in total. The van der Waals surface area contributed by atoms with Crippen molar-refractivity contribution in [2.45, 2.75) is 51.2 Å². The molecular weight excluding hydrogens is 552 g/mol. The maximum absolute atomic E-state index is 13.1. The lowest BCUT2D eigenvalue weighted by Crippen LogP contribution is -2.17. The van der Waals surface area contributed by atoms with Crippen LogP contribution in [0.2, 0.25) is 5.02 Å². The van der Waals surface area contributed by atoms with Crippen LogP contribution in [-0.2, 0) is 4.74 Å². The molecule has 10 nitrogen and oxygen atoms in total. The van der Waals surface area contributed by atoms with Crippen molar-refractivity contribution in [3.05, 3.63) is 83.3 Å². The summed E-state index contributed by atoms with van der Waals surface area (Å²) in [5, 5.41) is 7.03. The molecule has 1 aliphatic heterocycles. The maximum Gasteiger partial charge on any atom is 0.274 e. The number of ether oxygens (including phenoxy) is 1. The van der Waals surface area contributed by atoms with Gasteiger partial charge in [-0.3, -0.25) is 9.36 Å². The Bertz CT molecular complexity index is 1800. The van der Waals surface area contributed by atoms with E-state index < -0.39 is 0 Å². The van der Waals surface area contributed by atoms with E-state index in [2.05, 4.69) is 35.6 Å². The minimum atomic E-state index is -0.289. The third-order valence-corrected chi connectivity index (χ3v) is 8.09. The SMILES string of the molecule is Cc1ccc(NC(=O)c2cc(C3CC3)c(Cl)cn2)cc1Nc1ncccc1-c1ncnc2c1ncn2C1CCCCO1. The number of pyridine rings is 2. The van der Waals surface area contributed by atoms with E-state index in [0.717, 1.165) is 66.7 Å². The Hall–Kier alpha value is -4.41. The minimum absolute atomic E-state index is 0.0815. The van der Waals surface area contributed by atoms with Gasteiger partial charge in [-0.25, -0.2) is 24.9 Å². The quantitative estimate of drug-likeness (QED) is 0.215. The first-order chi connectivity index (χ1) is 20.5. The van der Waals surface area contributed by atoms with Gasteiger partial charge >= 0.3 is 0 Å². The van der Waals surface area contributed by atoms with Crippen molar-refractivity contribution >= 4 is 45.9 Å².